The number of hydrogen-bond donors (Lipinski definition) is 2. The number of aryl methyl sites for hydroxylation is 1. The molecule has 0 aromatic carbocycles. The molecule has 0 atom stereocenters. The van der Waals surface area contributed by atoms with Crippen LogP contribution in [0.2, 0.25) is 0 Å². The molecule has 2 heterocycles. The molecule has 0 unspecified atom stereocenters. The minimum Gasteiger partial charge on any atom is -0.346 e. The molecule has 2 aromatic heterocycles. The number of H-pyrrole nitrogens is 1. The summed E-state index contributed by atoms with van der Waals surface area (Å²) in [5.74, 6) is 0. The number of nitrogens with one attached hydrogen (secondary N) is 1. The fourth-order valence-electron chi connectivity index (χ4n) is 1.43. The first-order valence-electron chi connectivity index (χ1n) is 4.52. The number of rotatable bonds is 3. The Kier molecular flexibility index (Phi) is 2.27. The average Bonchev–Trinajstić information content (AvgIpc) is 2.61. The Morgan fingerprint density at radius 1 is 1.46 bits per heavy atom. The second kappa shape index (κ2) is 3.58. The highest BCUT2D eigenvalue weighted by molar-refractivity contribution is 5.75. The normalized spacial score (nSPS) is 10.8. The van der Waals surface area contributed by atoms with Crippen LogP contribution in [0.15, 0.2) is 24.5 Å². The maximum Gasteiger partial charge on any atom is 0.137 e. The smallest absolute Gasteiger partial charge is 0.137 e. The highest BCUT2D eigenvalue weighted by atomic mass is 14.8. The average molecular weight is 175 g/mol. The van der Waals surface area contributed by atoms with Crippen molar-refractivity contribution in [1.82, 2.24) is 9.97 Å². The number of pyridine rings is 1. The molecule has 3 N–H and O–H groups in total. The topological polar surface area (TPSA) is 54.7 Å². The van der Waals surface area contributed by atoms with Gasteiger partial charge in [-0.1, -0.05) is 0 Å². The summed E-state index contributed by atoms with van der Waals surface area (Å²) in [5, 5.41) is 1.18. The van der Waals surface area contributed by atoms with Gasteiger partial charge in [0.1, 0.15) is 5.65 Å². The lowest BCUT2D eigenvalue weighted by Gasteiger charge is -1.98. The van der Waals surface area contributed by atoms with Crippen molar-refractivity contribution in [2.24, 2.45) is 5.73 Å². The Hall–Kier alpha value is -1.35. The number of fused-ring (bicyclic) bond motifs is 1. The molecule has 13 heavy (non-hydrogen) atoms. The van der Waals surface area contributed by atoms with Crippen LogP contribution in [0.25, 0.3) is 11.0 Å². The van der Waals surface area contributed by atoms with Gasteiger partial charge >= 0.3 is 0 Å². The van der Waals surface area contributed by atoms with Gasteiger partial charge in [0.15, 0.2) is 0 Å². The Labute approximate surface area is 77.0 Å². The van der Waals surface area contributed by atoms with Gasteiger partial charge in [-0.2, -0.15) is 0 Å². The maximum absolute atomic E-state index is 5.44. The molecule has 0 amide bonds. The van der Waals surface area contributed by atoms with E-state index in [-0.39, 0.29) is 0 Å². The van der Waals surface area contributed by atoms with Crippen LogP contribution in [-0.4, -0.2) is 16.5 Å². The van der Waals surface area contributed by atoms with Gasteiger partial charge in [0.2, 0.25) is 0 Å². The summed E-state index contributed by atoms with van der Waals surface area (Å²) in [6.45, 7) is 0.741. The minimum absolute atomic E-state index is 0.741. The molecular formula is C10H13N3. The summed E-state index contributed by atoms with van der Waals surface area (Å²) >= 11 is 0. The molecule has 0 radical (unpaired) electrons. The van der Waals surface area contributed by atoms with Crippen LogP contribution >= 0.6 is 0 Å². The predicted molar refractivity (Wildman–Crippen MR) is 53.5 cm³/mol. The van der Waals surface area contributed by atoms with Crippen LogP contribution in [0, 0.1) is 0 Å². The molecule has 0 bridgehead atoms. The Balaban J connectivity index is 2.26. The molecule has 0 saturated carbocycles. The van der Waals surface area contributed by atoms with E-state index in [0.29, 0.717) is 0 Å². The Morgan fingerprint density at radius 2 is 2.38 bits per heavy atom. The van der Waals surface area contributed by atoms with E-state index < -0.39 is 0 Å². The number of nitrogens with two attached hydrogens (primary N) is 1. The van der Waals surface area contributed by atoms with Gasteiger partial charge in [0, 0.05) is 17.8 Å². The molecule has 0 fully saturated rings. The number of aromatic amines is 1. The van der Waals surface area contributed by atoms with Crippen LogP contribution in [0.1, 0.15) is 12.0 Å². The molecule has 0 spiro atoms. The van der Waals surface area contributed by atoms with E-state index in [0.717, 1.165) is 25.0 Å². The van der Waals surface area contributed by atoms with E-state index in [1.165, 1.54) is 10.9 Å². The van der Waals surface area contributed by atoms with Gasteiger partial charge in [-0.05, 0) is 37.1 Å². The van der Waals surface area contributed by atoms with E-state index in [9.17, 15) is 0 Å². The molecular weight excluding hydrogens is 162 g/mol. The number of nitrogens with zero attached hydrogens (tertiary/aromatic N) is 1. The SMILES string of the molecule is NCCCc1cnc2[nH]ccc2c1. The van der Waals surface area contributed by atoms with Gasteiger partial charge in [0.25, 0.3) is 0 Å². The monoisotopic (exact) mass is 175 g/mol. The van der Waals surface area contributed by atoms with Gasteiger partial charge < -0.3 is 10.7 Å². The zero-order valence-corrected chi connectivity index (χ0v) is 7.46. The van der Waals surface area contributed by atoms with E-state index in [1.54, 1.807) is 0 Å². The summed E-state index contributed by atoms with van der Waals surface area (Å²) < 4.78 is 0. The number of hydrogen-bond acceptors (Lipinski definition) is 2. The summed E-state index contributed by atoms with van der Waals surface area (Å²) in [6, 6.07) is 4.20. The van der Waals surface area contributed by atoms with Crippen molar-refractivity contribution in [3.63, 3.8) is 0 Å². The second-order valence-corrected chi connectivity index (χ2v) is 3.15. The van der Waals surface area contributed by atoms with Gasteiger partial charge in [0.05, 0.1) is 0 Å². The lowest BCUT2D eigenvalue weighted by atomic mass is 10.1. The quantitative estimate of drug-likeness (QED) is 0.741. The first-order valence-corrected chi connectivity index (χ1v) is 4.52. The van der Waals surface area contributed by atoms with Crippen LogP contribution in [0.5, 0.6) is 0 Å². The second-order valence-electron chi connectivity index (χ2n) is 3.15. The Bertz CT molecular complexity index is 392. The zero-order chi connectivity index (χ0) is 9.10. The van der Waals surface area contributed by atoms with Crippen LogP contribution in [0.4, 0.5) is 0 Å². The lowest BCUT2D eigenvalue weighted by Crippen LogP contribution is -2.00. The largest absolute Gasteiger partial charge is 0.346 e. The molecule has 0 aliphatic carbocycles. The summed E-state index contributed by atoms with van der Waals surface area (Å²) in [4.78, 5) is 7.36. The van der Waals surface area contributed by atoms with Crippen molar-refractivity contribution in [3.05, 3.63) is 30.1 Å². The first kappa shape index (κ1) is 8.26. The van der Waals surface area contributed by atoms with Crippen molar-refractivity contribution < 1.29 is 0 Å². The summed E-state index contributed by atoms with van der Waals surface area (Å²) in [5.41, 5.74) is 7.66. The summed E-state index contributed by atoms with van der Waals surface area (Å²) in [7, 11) is 0. The molecule has 3 nitrogen and oxygen atoms in total. The molecule has 3 heteroatoms. The minimum atomic E-state index is 0.741. The Morgan fingerprint density at radius 3 is 3.23 bits per heavy atom. The van der Waals surface area contributed by atoms with E-state index in [2.05, 4.69) is 16.0 Å². The molecule has 2 aromatic rings. The van der Waals surface area contributed by atoms with E-state index in [4.69, 9.17) is 5.73 Å². The third-order valence-corrected chi connectivity index (χ3v) is 2.13. The standard InChI is InChI=1S/C10H13N3/c11-4-1-2-8-6-9-3-5-12-10(9)13-7-8/h3,5-7H,1-2,4,11H2,(H,12,13). The summed E-state index contributed by atoms with van der Waals surface area (Å²) in [6.07, 6.45) is 5.86. The molecule has 0 aliphatic heterocycles. The maximum atomic E-state index is 5.44. The van der Waals surface area contributed by atoms with Crippen molar-refractivity contribution in [3.8, 4) is 0 Å². The molecule has 0 saturated heterocycles. The fraction of sp³-hybridized carbons (Fsp3) is 0.300. The third-order valence-electron chi connectivity index (χ3n) is 2.13. The molecule has 2 rings (SSSR count). The van der Waals surface area contributed by atoms with Gasteiger partial charge in [-0.25, -0.2) is 4.98 Å². The zero-order valence-electron chi connectivity index (χ0n) is 7.46. The number of aromatic nitrogens is 2. The van der Waals surface area contributed by atoms with Crippen LogP contribution < -0.4 is 5.73 Å². The fourth-order valence-corrected chi connectivity index (χ4v) is 1.43. The van der Waals surface area contributed by atoms with Crippen LogP contribution in [0.3, 0.4) is 0 Å². The first-order chi connectivity index (χ1) is 6.40. The van der Waals surface area contributed by atoms with Crippen molar-refractivity contribution in [2.75, 3.05) is 6.54 Å². The van der Waals surface area contributed by atoms with Crippen molar-refractivity contribution >= 4 is 11.0 Å². The predicted octanol–water partition coefficient (Wildman–Crippen LogP) is 1.45. The lowest BCUT2D eigenvalue weighted by molar-refractivity contribution is 0.830. The van der Waals surface area contributed by atoms with Crippen molar-refractivity contribution in [2.45, 2.75) is 12.8 Å². The van der Waals surface area contributed by atoms with E-state index in [1.807, 2.05) is 18.5 Å². The van der Waals surface area contributed by atoms with Gasteiger partial charge in [-0.3, -0.25) is 0 Å². The van der Waals surface area contributed by atoms with Gasteiger partial charge in [-0.15, -0.1) is 0 Å². The third kappa shape index (κ3) is 1.70. The molecule has 68 valence electrons. The highest BCUT2D eigenvalue weighted by Crippen LogP contribution is 2.12. The van der Waals surface area contributed by atoms with Crippen molar-refractivity contribution in [1.29, 1.82) is 0 Å². The van der Waals surface area contributed by atoms with Crippen LogP contribution in [-0.2, 0) is 6.42 Å². The molecule has 0 aliphatic rings. The van der Waals surface area contributed by atoms with E-state index >= 15 is 0 Å². The highest BCUT2D eigenvalue weighted by Gasteiger charge is 1.97.